The Morgan fingerprint density at radius 2 is 1.35 bits per heavy atom. The smallest absolute Gasteiger partial charge is 0.457 e. The first-order valence-corrected chi connectivity index (χ1v) is 14.9. The lowest BCUT2D eigenvalue weighted by Crippen LogP contribution is -2.47. The van der Waals surface area contributed by atoms with E-state index < -0.39 is 11.5 Å². The minimum Gasteiger partial charge on any atom is -0.480 e. The number of aromatic nitrogens is 4. The van der Waals surface area contributed by atoms with Crippen molar-refractivity contribution in [3.63, 3.8) is 0 Å². The highest BCUT2D eigenvalue weighted by atomic mass is 16.7. The van der Waals surface area contributed by atoms with Gasteiger partial charge in [-0.15, -0.1) is 5.10 Å². The van der Waals surface area contributed by atoms with Gasteiger partial charge in [-0.1, -0.05) is 104 Å². The number of rotatable bonds is 13. The second-order valence-corrected chi connectivity index (χ2v) is 12.1. The van der Waals surface area contributed by atoms with Crippen molar-refractivity contribution in [1.82, 2.24) is 25.5 Å². The Morgan fingerprint density at radius 3 is 1.81 bits per heavy atom. The molecule has 224 valence electrons. The highest BCUT2D eigenvalue weighted by Gasteiger charge is 2.50. The molecule has 0 spiro atoms. The number of tetrazole rings is 1. The van der Waals surface area contributed by atoms with Crippen molar-refractivity contribution >= 4 is 13.1 Å². The molecule has 43 heavy (non-hydrogen) atoms. The number of hydrogen-bond donors (Lipinski definition) is 2. The Hall–Kier alpha value is -3.86. The molecular formula is C33H40BN5O4. The van der Waals surface area contributed by atoms with Gasteiger partial charge >= 0.3 is 13.1 Å². The third-order valence-corrected chi connectivity index (χ3v) is 8.65. The zero-order valence-electron chi connectivity index (χ0n) is 25.3. The van der Waals surface area contributed by atoms with Crippen LogP contribution >= 0.6 is 0 Å². The van der Waals surface area contributed by atoms with Crippen molar-refractivity contribution in [2.45, 2.75) is 82.6 Å². The number of carboxylic acid groups (broad SMARTS) is 1. The minimum atomic E-state index is -1.01. The molecule has 9 nitrogen and oxygen atoms in total. The summed E-state index contributed by atoms with van der Waals surface area (Å²) in [6.45, 7) is 7.91. The maximum atomic E-state index is 11.7. The highest BCUT2D eigenvalue weighted by Crippen LogP contribution is 2.41. The summed E-state index contributed by atoms with van der Waals surface area (Å²) in [7, 11) is -0.272. The molecule has 3 aromatic carbocycles. The van der Waals surface area contributed by atoms with E-state index in [1.165, 1.54) is 4.68 Å². The third kappa shape index (κ3) is 6.56. The number of nitrogens with zero attached hydrogens (tertiary/aromatic N) is 4. The van der Waals surface area contributed by atoms with Gasteiger partial charge in [-0.3, -0.25) is 10.1 Å². The maximum absolute atomic E-state index is 11.7. The van der Waals surface area contributed by atoms with E-state index in [1.807, 2.05) is 54.6 Å². The van der Waals surface area contributed by atoms with Crippen LogP contribution in [0.1, 0.15) is 75.5 Å². The largest absolute Gasteiger partial charge is 0.480 e. The first-order chi connectivity index (χ1) is 20.6. The molecule has 5 rings (SSSR count). The van der Waals surface area contributed by atoms with Crippen LogP contribution in [0.25, 0.3) is 0 Å². The molecule has 1 fully saturated rings. The number of carbonyl (C=O) groups is 1. The number of aliphatic carboxylic acids is 1. The summed E-state index contributed by atoms with van der Waals surface area (Å²) in [6, 6.07) is 30.5. The maximum Gasteiger partial charge on any atom is 0.457 e. The van der Waals surface area contributed by atoms with Crippen LogP contribution in [0.4, 0.5) is 0 Å². The van der Waals surface area contributed by atoms with E-state index in [0.29, 0.717) is 12.2 Å². The van der Waals surface area contributed by atoms with Gasteiger partial charge in [-0.25, -0.2) is 4.68 Å². The van der Waals surface area contributed by atoms with Gasteiger partial charge in [0.15, 0.2) is 5.82 Å². The van der Waals surface area contributed by atoms with Crippen LogP contribution in [-0.4, -0.2) is 49.6 Å². The van der Waals surface area contributed by atoms with Crippen LogP contribution in [0, 0.1) is 0 Å². The van der Waals surface area contributed by atoms with E-state index >= 15 is 0 Å². The molecule has 10 heteroatoms. The zero-order valence-corrected chi connectivity index (χ0v) is 25.3. The van der Waals surface area contributed by atoms with E-state index in [1.54, 1.807) is 0 Å². The predicted octanol–water partition coefficient (Wildman–Crippen LogP) is 5.64. The molecule has 1 atom stereocenters. The van der Waals surface area contributed by atoms with Gasteiger partial charge in [-0.05, 0) is 67.6 Å². The lowest BCUT2D eigenvalue weighted by atomic mass is 9.76. The molecule has 0 radical (unpaired) electrons. The van der Waals surface area contributed by atoms with Crippen molar-refractivity contribution in [3.8, 4) is 0 Å². The Kier molecular flexibility index (Phi) is 9.10. The van der Waals surface area contributed by atoms with E-state index in [4.69, 9.17) is 9.31 Å². The summed E-state index contributed by atoms with van der Waals surface area (Å²) in [5.74, 6) is -0.529. The number of benzene rings is 3. The number of hydrogen-bond acceptors (Lipinski definition) is 7. The molecule has 4 aromatic rings. The molecule has 2 N–H and O–H groups in total. The molecule has 2 heterocycles. The van der Waals surface area contributed by atoms with Crippen LogP contribution in [0.5, 0.6) is 0 Å². The predicted molar refractivity (Wildman–Crippen MR) is 165 cm³/mol. The summed E-state index contributed by atoms with van der Waals surface area (Å²) in [4.78, 5) is 11.7. The second kappa shape index (κ2) is 12.8. The van der Waals surface area contributed by atoms with Crippen LogP contribution in [0.2, 0.25) is 6.32 Å². The van der Waals surface area contributed by atoms with E-state index in [-0.39, 0.29) is 30.9 Å². The molecule has 1 aliphatic heterocycles. The van der Waals surface area contributed by atoms with E-state index in [0.717, 1.165) is 35.9 Å². The first kappa shape index (κ1) is 30.6. The Morgan fingerprint density at radius 1 is 0.860 bits per heavy atom. The summed E-state index contributed by atoms with van der Waals surface area (Å²) >= 11 is 0. The van der Waals surface area contributed by atoms with Gasteiger partial charge in [-0.2, -0.15) is 0 Å². The average molecular weight is 582 g/mol. The minimum absolute atomic E-state index is 0.272. The van der Waals surface area contributed by atoms with Gasteiger partial charge in [0, 0.05) is 0 Å². The molecule has 0 amide bonds. The summed E-state index contributed by atoms with van der Waals surface area (Å²) in [6.07, 6.45) is 3.08. The molecule has 1 aliphatic rings. The van der Waals surface area contributed by atoms with Gasteiger partial charge < -0.3 is 14.4 Å². The fourth-order valence-corrected chi connectivity index (χ4v) is 5.79. The first-order valence-electron chi connectivity index (χ1n) is 14.9. The van der Waals surface area contributed by atoms with Gasteiger partial charge in [0.05, 0.1) is 22.8 Å². The van der Waals surface area contributed by atoms with Crippen molar-refractivity contribution in [1.29, 1.82) is 0 Å². The summed E-state index contributed by atoms with van der Waals surface area (Å²) < 4.78 is 13.8. The Bertz CT molecular complexity index is 1370. The molecule has 1 aromatic heterocycles. The van der Waals surface area contributed by atoms with Crippen molar-refractivity contribution in [2.24, 2.45) is 0 Å². The topological polar surface area (TPSA) is 111 Å². The van der Waals surface area contributed by atoms with Crippen molar-refractivity contribution < 1.29 is 19.2 Å². The van der Waals surface area contributed by atoms with E-state index in [2.05, 4.69) is 84.9 Å². The fourth-order valence-electron chi connectivity index (χ4n) is 5.79. The second-order valence-electron chi connectivity index (χ2n) is 12.1. The molecule has 1 saturated heterocycles. The van der Waals surface area contributed by atoms with Crippen LogP contribution in [0.15, 0.2) is 91.0 Å². The number of nitrogens with one attached hydrogen (secondary N) is 1. The van der Waals surface area contributed by atoms with Crippen molar-refractivity contribution in [3.05, 3.63) is 114 Å². The Balaban J connectivity index is 1.51. The summed E-state index contributed by atoms with van der Waals surface area (Å²) in [5.41, 5.74) is 1.62. The lowest BCUT2D eigenvalue weighted by Gasteiger charge is -2.40. The molecule has 0 saturated carbocycles. The van der Waals surface area contributed by atoms with Gasteiger partial charge in [0.1, 0.15) is 6.54 Å². The normalized spacial score (nSPS) is 16.7. The molecule has 0 aliphatic carbocycles. The van der Waals surface area contributed by atoms with Crippen LogP contribution in [-0.2, 0) is 26.2 Å². The molecule has 0 bridgehead atoms. The van der Waals surface area contributed by atoms with Crippen molar-refractivity contribution in [2.75, 3.05) is 0 Å². The average Bonchev–Trinajstić information content (AvgIpc) is 3.53. The van der Waals surface area contributed by atoms with Crippen LogP contribution < -0.4 is 5.32 Å². The lowest BCUT2D eigenvalue weighted by molar-refractivity contribution is -0.138. The van der Waals surface area contributed by atoms with Gasteiger partial charge in [0.25, 0.3) is 0 Å². The Labute approximate surface area is 253 Å². The molecular weight excluding hydrogens is 541 g/mol. The fraction of sp³-hybridized carbons (Fsp3) is 0.394. The summed E-state index contributed by atoms with van der Waals surface area (Å²) in [5, 5.41) is 25.9. The van der Waals surface area contributed by atoms with Gasteiger partial charge in [0.2, 0.25) is 0 Å². The number of carboxylic acids is 1. The molecule has 1 unspecified atom stereocenters. The zero-order chi connectivity index (χ0) is 30.5. The number of unbranched alkanes of at least 4 members (excludes halogenated alkanes) is 1. The third-order valence-electron chi connectivity index (χ3n) is 8.65. The SMILES string of the molecule is CC1(C)OB(CCCCC(NC(c2ccccc2)(c2ccccc2)c2ccccc2)c2nnnn2CC(=O)O)OC1(C)C. The van der Waals surface area contributed by atoms with E-state index in [9.17, 15) is 9.90 Å². The monoisotopic (exact) mass is 581 g/mol. The quantitative estimate of drug-likeness (QED) is 0.119. The van der Waals surface area contributed by atoms with Crippen LogP contribution in [0.3, 0.4) is 0 Å². The standard InChI is InChI=1S/C33H40BN5O4/c1-31(2)32(3,4)43-34(42-31)23-15-14-22-28(30-36-37-38-39(30)24-29(40)41)35-33(25-16-8-5-9-17-25,26-18-10-6-11-19-26)27-20-12-7-13-21-27/h5-13,16-21,28,35H,14-15,22-24H2,1-4H3,(H,40,41). The highest BCUT2D eigenvalue weighted by molar-refractivity contribution is 6.45.